The lowest BCUT2D eigenvalue weighted by Crippen LogP contribution is -2.42. The molecule has 138 valence electrons. The maximum Gasteiger partial charge on any atom is 0.409 e. The van der Waals surface area contributed by atoms with Gasteiger partial charge in [-0.15, -0.1) is 0 Å². The van der Waals surface area contributed by atoms with Crippen molar-refractivity contribution in [1.29, 1.82) is 0 Å². The maximum absolute atomic E-state index is 12.3. The van der Waals surface area contributed by atoms with Crippen molar-refractivity contribution in [3.05, 3.63) is 48.4 Å². The van der Waals surface area contributed by atoms with E-state index in [9.17, 15) is 9.59 Å². The highest BCUT2D eigenvalue weighted by Crippen LogP contribution is 2.24. The van der Waals surface area contributed by atoms with Crippen LogP contribution in [0.5, 0.6) is 0 Å². The van der Waals surface area contributed by atoms with Crippen molar-refractivity contribution < 1.29 is 14.3 Å². The van der Waals surface area contributed by atoms with Crippen molar-refractivity contribution >= 4 is 23.0 Å². The average Bonchev–Trinajstić information content (AvgIpc) is 3.18. The number of amides is 2. The quantitative estimate of drug-likeness (QED) is 0.722. The number of ether oxygens (including phenoxy) is 1. The van der Waals surface area contributed by atoms with Gasteiger partial charge in [0.25, 0.3) is 5.91 Å². The number of fused-ring (bicyclic) bond motifs is 1. The van der Waals surface area contributed by atoms with Gasteiger partial charge in [-0.2, -0.15) is 0 Å². The van der Waals surface area contributed by atoms with E-state index < -0.39 is 0 Å². The number of carbonyl (C=O) groups is 2. The summed E-state index contributed by atoms with van der Waals surface area (Å²) in [5.41, 5.74) is 3.06. The first-order chi connectivity index (χ1) is 13.2. The molecule has 1 aliphatic heterocycles. The third-order valence-electron chi connectivity index (χ3n) is 4.50. The molecule has 8 heteroatoms. The van der Waals surface area contributed by atoms with Crippen molar-refractivity contribution in [2.75, 3.05) is 26.2 Å². The number of carbonyl (C=O) groups excluding carboxylic acids is 2. The second-order valence-corrected chi connectivity index (χ2v) is 6.25. The van der Waals surface area contributed by atoms with Gasteiger partial charge >= 0.3 is 6.09 Å². The normalized spacial score (nSPS) is 14.2. The zero-order valence-corrected chi connectivity index (χ0v) is 14.6. The van der Waals surface area contributed by atoms with Gasteiger partial charge in [0, 0.05) is 42.3 Å². The SMILES string of the molecule is O=C(NCCN1CCCOC1=O)c1ccc(-c2ncnc3[nH]ccc23)cc1. The second-order valence-electron chi connectivity index (χ2n) is 6.25. The van der Waals surface area contributed by atoms with E-state index in [0.29, 0.717) is 31.8 Å². The Hall–Kier alpha value is -3.42. The molecule has 2 aromatic heterocycles. The monoisotopic (exact) mass is 365 g/mol. The van der Waals surface area contributed by atoms with Gasteiger partial charge < -0.3 is 19.9 Å². The van der Waals surface area contributed by atoms with Crippen LogP contribution in [0.4, 0.5) is 4.79 Å². The van der Waals surface area contributed by atoms with Crippen LogP contribution < -0.4 is 5.32 Å². The number of nitrogens with one attached hydrogen (secondary N) is 2. The van der Waals surface area contributed by atoms with Gasteiger partial charge in [-0.05, 0) is 24.6 Å². The minimum absolute atomic E-state index is 0.179. The first-order valence-corrected chi connectivity index (χ1v) is 8.81. The molecule has 1 aromatic carbocycles. The third-order valence-corrected chi connectivity index (χ3v) is 4.50. The van der Waals surface area contributed by atoms with Gasteiger partial charge in [0.1, 0.15) is 12.0 Å². The minimum Gasteiger partial charge on any atom is -0.449 e. The zero-order valence-electron chi connectivity index (χ0n) is 14.6. The van der Waals surface area contributed by atoms with Crippen LogP contribution in [0.3, 0.4) is 0 Å². The summed E-state index contributed by atoms with van der Waals surface area (Å²) in [6.45, 7) is 1.95. The smallest absolute Gasteiger partial charge is 0.409 e. The van der Waals surface area contributed by atoms with E-state index in [-0.39, 0.29) is 12.0 Å². The van der Waals surface area contributed by atoms with Crippen LogP contribution in [-0.2, 0) is 4.74 Å². The highest BCUT2D eigenvalue weighted by Gasteiger charge is 2.19. The molecule has 3 aromatic rings. The van der Waals surface area contributed by atoms with Crippen LogP contribution in [0.1, 0.15) is 16.8 Å². The number of nitrogens with zero attached hydrogens (tertiary/aromatic N) is 3. The number of H-pyrrole nitrogens is 1. The molecular formula is C19H19N5O3. The van der Waals surface area contributed by atoms with Crippen molar-refractivity contribution in [2.45, 2.75) is 6.42 Å². The number of hydrogen-bond donors (Lipinski definition) is 2. The molecule has 1 aliphatic rings. The summed E-state index contributed by atoms with van der Waals surface area (Å²) in [7, 11) is 0. The van der Waals surface area contributed by atoms with Gasteiger partial charge in [-0.25, -0.2) is 14.8 Å². The Morgan fingerprint density at radius 2 is 2.07 bits per heavy atom. The summed E-state index contributed by atoms with van der Waals surface area (Å²) in [5, 5.41) is 3.77. The first kappa shape index (κ1) is 17.0. The summed E-state index contributed by atoms with van der Waals surface area (Å²) in [4.78, 5) is 37.1. The predicted octanol–water partition coefficient (Wildman–Crippen LogP) is 2.20. The van der Waals surface area contributed by atoms with Crippen molar-refractivity contribution in [3.8, 4) is 11.3 Å². The molecule has 2 amide bonds. The van der Waals surface area contributed by atoms with Crippen LogP contribution in [-0.4, -0.2) is 58.1 Å². The van der Waals surface area contributed by atoms with E-state index in [1.807, 2.05) is 24.4 Å². The lowest BCUT2D eigenvalue weighted by atomic mass is 10.1. The van der Waals surface area contributed by atoms with Gasteiger partial charge in [0.2, 0.25) is 0 Å². The number of aromatic amines is 1. The van der Waals surface area contributed by atoms with Gasteiger partial charge in [-0.3, -0.25) is 4.79 Å². The standard InChI is InChI=1S/C19H19N5O3/c25-18(21-8-10-24-9-1-11-27-19(24)26)14-4-2-13(3-5-14)16-15-6-7-20-17(15)23-12-22-16/h2-7,12H,1,8-11H2,(H,21,25)(H,20,22,23). The third kappa shape index (κ3) is 3.59. The molecule has 27 heavy (non-hydrogen) atoms. The molecule has 8 nitrogen and oxygen atoms in total. The number of rotatable bonds is 5. The topological polar surface area (TPSA) is 100 Å². The van der Waals surface area contributed by atoms with Crippen LogP contribution in [0, 0.1) is 0 Å². The lowest BCUT2D eigenvalue weighted by molar-refractivity contribution is 0.0719. The highest BCUT2D eigenvalue weighted by atomic mass is 16.6. The fourth-order valence-electron chi connectivity index (χ4n) is 3.09. The molecule has 0 spiro atoms. The molecule has 4 rings (SSSR count). The van der Waals surface area contributed by atoms with Crippen LogP contribution in [0.15, 0.2) is 42.9 Å². The van der Waals surface area contributed by atoms with E-state index in [1.54, 1.807) is 17.0 Å². The second kappa shape index (κ2) is 7.45. The Balaban J connectivity index is 1.39. The maximum atomic E-state index is 12.3. The van der Waals surface area contributed by atoms with Gasteiger partial charge in [-0.1, -0.05) is 12.1 Å². The van der Waals surface area contributed by atoms with E-state index in [4.69, 9.17) is 4.74 Å². The molecule has 0 atom stereocenters. The molecule has 0 bridgehead atoms. The highest BCUT2D eigenvalue weighted by molar-refractivity contribution is 5.95. The summed E-state index contributed by atoms with van der Waals surface area (Å²) in [6, 6.07) is 9.19. The van der Waals surface area contributed by atoms with Crippen LogP contribution in [0.25, 0.3) is 22.3 Å². The summed E-state index contributed by atoms with van der Waals surface area (Å²) < 4.78 is 4.97. The molecule has 3 heterocycles. The summed E-state index contributed by atoms with van der Waals surface area (Å²) >= 11 is 0. The van der Waals surface area contributed by atoms with Crippen LogP contribution >= 0.6 is 0 Å². The average molecular weight is 365 g/mol. The van der Waals surface area contributed by atoms with Gasteiger partial charge in [0.15, 0.2) is 0 Å². The van der Waals surface area contributed by atoms with E-state index >= 15 is 0 Å². The zero-order chi connectivity index (χ0) is 18.6. The molecule has 1 saturated heterocycles. The van der Waals surface area contributed by atoms with E-state index in [0.717, 1.165) is 28.7 Å². The molecule has 2 N–H and O–H groups in total. The summed E-state index contributed by atoms with van der Waals surface area (Å²) in [6.07, 6.45) is 3.84. The lowest BCUT2D eigenvalue weighted by Gasteiger charge is -2.26. The fraction of sp³-hybridized carbons (Fsp3) is 0.263. The van der Waals surface area contributed by atoms with Crippen LogP contribution in [0.2, 0.25) is 0 Å². The summed E-state index contributed by atoms with van der Waals surface area (Å²) in [5.74, 6) is -0.179. The molecule has 0 saturated carbocycles. The Morgan fingerprint density at radius 1 is 1.22 bits per heavy atom. The molecule has 0 radical (unpaired) electrons. The largest absolute Gasteiger partial charge is 0.449 e. The predicted molar refractivity (Wildman–Crippen MR) is 99.2 cm³/mol. The Labute approximate surface area is 155 Å². The van der Waals surface area contributed by atoms with E-state index in [1.165, 1.54) is 6.33 Å². The number of hydrogen-bond acceptors (Lipinski definition) is 5. The van der Waals surface area contributed by atoms with Crippen molar-refractivity contribution in [1.82, 2.24) is 25.2 Å². The molecule has 0 aliphatic carbocycles. The Kier molecular flexibility index (Phi) is 4.69. The number of benzene rings is 1. The molecule has 1 fully saturated rings. The molecular weight excluding hydrogens is 346 g/mol. The Bertz CT molecular complexity index is 967. The minimum atomic E-state index is -0.319. The van der Waals surface area contributed by atoms with Crippen molar-refractivity contribution in [2.24, 2.45) is 0 Å². The first-order valence-electron chi connectivity index (χ1n) is 8.81. The van der Waals surface area contributed by atoms with Gasteiger partial charge in [0.05, 0.1) is 12.3 Å². The Morgan fingerprint density at radius 3 is 2.89 bits per heavy atom. The van der Waals surface area contributed by atoms with E-state index in [2.05, 4.69) is 20.3 Å². The fourth-order valence-corrected chi connectivity index (χ4v) is 3.09. The number of aromatic nitrogens is 3. The number of cyclic esters (lactones) is 1. The molecule has 0 unspecified atom stereocenters. The van der Waals surface area contributed by atoms with Crippen molar-refractivity contribution in [3.63, 3.8) is 0 Å².